The van der Waals surface area contributed by atoms with Gasteiger partial charge in [0.15, 0.2) is 5.82 Å². The van der Waals surface area contributed by atoms with Gasteiger partial charge < -0.3 is 0 Å². The summed E-state index contributed by atoms with van der Waals surface area (Å²) in [5.74, 6) is 1.14. The van der Waals surface area contributed by atoms with Crippen molar-refractivity contribution < 1.29 is 0 Å². The quantitative estimate of drug-likeness (QED) is 0.816. The molecule has 16 heavy (non-hydrogen) atoms. The molecule has 2 aromatic rings. The summed E-state index contributed by atoms with van der Waals surface area (Å²) in [5.41, 5.74) is 0.939. The third kappa shape index (κ3) is 2.09. The summed E-state index contributed by atoms with van der Waals surface area (Å²) in [7, 11) is 0. The maximum atomic E-state index is 6.07. The molecular formula is C12H14ClN3. The fourth-order valence-electron chi connectivity index (χ4n) is 1.43. The van der Waals surface area contributed by atoms with E-state index in [0.29, 0.717) is 11.2 Å². The first kappa shape index (κ1) is 11.1. The molecule has 0 amide bonds. The molecule has 0 bridgehead atoms. The molecule has 0 radical (unpaired) electrons. The molecule has 0 fully saturated rings. The van der Waals surface area contributed by atoms with E-state index in [9.17, 15) is 0 Å². The van der Waals surface area contributed by atoms with Crippen LogP contribution in [0.2, 0.25) is 5.28 Å². The fourth-order valence-corrected chi connectivity index (χ4v) is 1.65. The van der Waals surface area contributed by atoms with Crippen LogP contribution >= 0.6 is 11.6 Å². The molecule has 0 saturated carbocycles. The van der Waals surface area contributed by atoms with Crippen molar-refractivity contribution in [1.29, 1.82) is 0 Å². The first-order valence-corrected chi connectivity index (χ1v) is 5.78. The van der Waals surface area contributed by atoms with Gasteiger partial charge in [0, 0.05) is 5.92 Å². The molecule has 1 aromatic heterocycles. The second-order valence-electron chi connectivity index (χ2n) is 3.80. The summed E-state index contributed by atoms with van der Waals surface area (Å²) in [6, 6.07) is 9.79. The van der Waals surface area contributed by atoms with Gasteiger partial charge in [-0.3, -0.25) is 0 Å². The van der Waals surface area contributed by atoms with Crippen molar-refractivity contribution in [2.45, 2.75) is 26.2 Å². The van der Waals surface area contributed by atoms with Crippen LogP contribution in [-0.4, -0.2) is 14.8 Å². The van der Waals surface area contributed by atoms with Gasteiger partial charge in [0.05, 0.1) is 5.69 Å². The highest BCUT2D eigenvalue weighted by atomic mass is 35.5. The lowest BCUT2D eigenvalue weighted by molar-refractivity contribution is 0.672. The van der Waals surface area contributed by atoms with Crippen LogP contribution in [0.1, 0.15) is 32.0 Å². The van der Waals surface area contributed by atoms with E-state index in [2.05, 4.69) is 23.9 Å². The van der Waals surface area contributed by atoms with Crippen LogP contribution < -0.4 is 0 Å². The molecule has 1 unspecified atom stereocenters. The molecule has 4 heteroatoms. The molecule has 1 aromatic carbocycles. The number of benzene rings is 1. The van der Waals surface area contributed by atoms with Crippen molar-refractivity contribution in [2.75, 3.05) is 0 Å². The van der Waals surface area contributed by atoms with Gasteiger partial charge in [-0.05, 0) is 30.2 Å². The van der Waals surface area contributed by atoms with Gasteiger partial charge in [0.1, 0.15) is 0 Å². The van der Waals surface area contributed by atoms with Crippen molar-refractivity contribution in [1.82, 2.24) is 14.8 Å². The minimum absolute atomic E-state index is 0.336. The molecule has 0 aliphatic heterocycles. The van der Waals surface area contributed by atoms with Gasteiger partial charge in [0.25, 0.3) is 0 Å². The second kappa shape index (κ2) is 4.66. The highest BCUT2D eigenvalue weighted by Crippen LogP contribution is 2.19. The van der Waals surface area contributed by atoms with E-state index >= 15 is 0 Å². The van der Waals surface area contributed by atoms with Crippen molar-refractivity contribution >= 4 is 11.6 Å². The van der Waals surface area contributed by atoms with Gasteiger partial charge >= 0.3 is 0 Å². The van der Waals surface area contributed by atoms with E-state index in [-0.39, 0.29) is 0 Å². The monoisotopic (exact) mass is 235 g/mol. The molecule has 2 rings (SSSR count). The van der Waals surface area contributed by atoms with Crippen LogP contribution in [-0.2, 0) is 0 Å². The van der Waals surface area contributed by atoms with Gasteiger partial charge in [-0.2, -0.15) is 0 Å². The van der Waals surface area contributed by atoms with Crippen molar-refractivity contribution in [3.63, 3.8) is 0 Å². The lowest BCUT2D eigenvalue weighted by Gasteiger charge is -2.02. The molecule has 0 aliphatic carbocycles. The Labute approximate surface area is 100 Å². The zero-order valence-electron chi connectivity index (χ0n) is 9.39. The van der Waals surface area contributed by atoms with Crippen LogP contribution in [0.15, 0.2) is 30.3 Å². The van der Waals surface area contributed by atoms with Gasteiger partial charge in [-0.1, -0.05) is 32.0 Å². The Balaban J connectivity index is 2.40. The number of hydrogen-bond donors (Lipinski definition) is 0. The van der Waals surface area contributed by atoms with E-state index in [0.717, 1.165) is 17.9 Å². The summed E-state index contributed by atoms with van der Waals surface area (Å²) in [5, 5.41) is 4.84. The van der Waals surface area contributed by atoms with E-state index < -0.39 is 0 Å². The van der Waals surface area contributed by atoms with Crippen LogP contribution in [0.5, 0.6) is 0 Å². The van der Waals surface area contributed by atoms with Crippen LogP contribution in [0.25, 0.3) is 5.69 Å². The molecular weight excluding hydrogens is 222 g/mol. The number of rotatable bonds is 3. The Morgan fingerprint density at radius 3 is 2.62 bits per heavy atom. The van der Waals surface area contributed by atoms with Crippen molar-refractivity contribution in [3.8, 4) is 5.69 Å². The smallest absolute Gasteiger partial charge is 0.203 e. The zero-order valence-corrected chi connectivity index (χ0v) is 10.1. The number of hydrogen-bond acceptors (Lipinski definition) is 2. The molecule has 1 heterocycles. The highest BCUT2D eigenvalue weighted by Gasteiger charge is 2.13. The average Bonchev–Trinajstić information content (AvgIpc) is 2.71. The fraction of sp³-hybridized carbons (Fsp3) is 0.333. The molecule has 0 spiro atoms. The third-order valence-corrected chi connectivity index (χ3v) is 2.88. The molecule has 0 N–H and O–H groups in total. The van der Waals surface area contributed by atoms with E-state index in [4.69, 9.17) is 11.6 Å². The molecule has 0 saturated heterocycles. The van der Waals surface area contributed by atoms with Gasteiger partial charge in [-0.25, -0.2) is 9.67 Å². The molecule has 1 atom stereocenters. The predicted octanol–water partition coefficient (Wildman–Crippen LogP) is 3.43. The SMILES string of the molecule is CCC(C)c1nc(Cl)n(-c2ccccc2)n1. The van der Waals surface area contributed by atoms with Crippen LogP contribution in [0.3, 0.4) is 0 Å². The molecule has 84 valence electrons. The maximum Gasteiger partial charge on any atom is 0.225 e. The Morgan fingerprint density at radius 1 is 1.31 bits per heavy atom. The molecule has 3 nitrogen and oxygen atoms in total. The first-order valence-electron chi connectivity index (χ1n) is 5.40. The molecule has 0 aliphatic rings. The van der Waals surface area contributed by atoms with Crippen LogP contribution in [0, 0.1) is 0 Å². The minimum atomic E-state index is 0.336. The summed E-state index contributed by atoms with van der Waals surface area (Å²) >= 11 is 6.07. The number of para-hydroxylation sites is 1. The highest BCUT2D eigenvalue weighted by molar-refractivity contribution is 6.28. The van der Waals surface area contributed by atoms with E-state index in [1.807, 2.05) is 30.3 Å². The lowest BCUT2D eigenvalue weighted by Crippen LogP contribution is -1.99. The first-order chi connectivity index (χ1) is 7.72. The zero-order chi connectivity index (χ0) is 11.5. The summed E-state index contributed by atoms with van der Waals surface area (Å²) in [4.78, 5) is 4.28. The van der Waals surface area contributed by atoms with Crippen molar-refractivity contribution in [3.05, 3.63) is 41.4 Å². The standard InChI is InChI=1S/C12H14ClN3/c1-3-9(2)11-14-12(13)16(15-11)10-7-5-4-6-8-10/h4-9H,3H2,1-2H3. The average molecular weight is 236 g/mol. The van der Waals surface area contributed by atoms with Gasteiger partial charge in [0.2, 0.25) is 5.28 Å². The topological polar surface area (TPSA) is 30.7 Å². The Kier molecular flexibility index (Phi) is 3.25. The Bertz CT molecular complexity index is 464. The minimum Gasteiger partial charge on any atom is -0.203 e. The third-order valence-electron chi connectivity index (χ3n) is 2.64. The van der Waals surface area contributed by atoms with Crippen molar-refractivity contribution in [2.24, 2.45) is 0 Å². The lowest BCUT2D eigenvalue weighted by atomic mass is 10.1. The summed E-state index contributed by atoms with van der Waals surface area (Å²) in [6.07, 6.45) is 1.01. The number of nitrogens with zero attached hydrogens (tertiary/aromatic N) is 3. The largest absolute Gasteiger partial charge is 0.225 e. The summed E-state index contributed by atoms with van der Waals surface area (Å²) < 4.78 is 1.67. The predicted molar refractivity (Wildman–Crippen MR) is 65.1 cm³/mol. The number of aromatic nitrogens is 3. The maximum absolute atomic E-state index is 6.07. The Morgan fingerprint density at radius 2 is 2.00 bits per heavy atom. The second-order valence-corrected chi connectivity index (χ2v) is 4.13. The van der Waals surface area contributed by atoms with E-state index in [1.54, 1.807) is 4.68 Å². The van der Waals surface area contributed by atoms with Crippen LogP contribution in [0.4, 0.5) is 0 Å². The van der Waals surface area contributed by atoms with Gasteiger partial charge in [-0.15, -0.1) is 5.10 Å². The number of halogens is 1. The van der Waals surface area contributed by atoms with E-state index in [1.165, 1.54) is 0 Å². The Hall–Kier alpha value is -1.35. The normalized spacial score (nSPS) is 12.7. The summed E-state index contributed by atoms with van der Waals surface area (Å²) in [6.45, 7) is 4.21.